The number of urea groups is 1. The Kier molecular flexibility index (Phi) is 7.64. The van der Waals surface area contributed by atoms with E-state index >= 15 is 0 Å². The molecule has 0 atom stereocenters. The minimum atomic E-state index is -3.81. The Labute approximate surface area is 254 Å². The second-order valence-electron chi connectivity index (χ2n) is 9.96. The number of anilines is 4. The van der Waals surface area contributed by atoms with Gasteiger partial charge in [0.05, 0.1) is 9.79 Å². The van der Waals surface area contributed by atoms with Crippen molar-refractivity contribution in [3.8, 4) is 0 Å². The molecule has 220 valence electrons. The fourth-order valence-electron chi connectivity index (χ4n) is 4.63. The lowest BCUT2D eigenvalue weighted by Gasteiger charge is -2.12. The van der Waals surface area contributed by atoms with Crippen molar-refractivity contribution < 1.29 is 21.6 Å². The summed E-state index contributed by atoms with van der Waals surface area (Å²) in [5.74, 6) is 0. The van der Waals surface area contributed by atoms with E-state index in [0.29, 0.717) is 22.7 Å². The fraction of sp³-hybridized carbons (Fsp3) is 0. The maximum Gasteiger partial charge on any atom is 0.323 e. The molecule has 0 fully saturated rings. The van der Waals surface area contributed by atoms with Crippen LogP contribution in [0.4, 0.5) is 27.5 Å². The fourth-order valence-corrected chi connectivity index (χ4v) is 6.82. The molecule has 11 heteroatoms. The van der Waals surface area contributed by atoms with Crippen LogP contribution in [0.15, 0.2) is 143 Å². The lowest BCUT2D eigenvalue weighted by Crippen LogP contribution is -2.19. The number of nitrogens with one attached hydrogen (secondary N) is 4. The first-order valence-corrected chi connectivity index (χ1v) is 16.4. The van der Waals surface area contributed by atoms with E-state index in [2.05, 4.69) is 20.1 Å². The van der Waals surface area contributed by atoms with Gasteiger partial charge in [0.25, 0.3) is 20.0 Å². The smallest absolute Gasteiger partial charge is 0.308 e. The first-order chi connectivity index (χ1) is 21.1. The van der Waals surface area contributed by atoms with Crippen molar-refractivity contribution in [2.24, 2.45) is 0 Å². The summed E-state index contributed by atoms with van der Waals surface area (Å²) in [6.45, 7) is 0. The van der Waals surface area contributed by atoms with E-state index in [1.54, 1.807) is 84.9 Å². The highest BCUT2D eigenvalue weighted by molar-refractivity contribution is 7.93. The van der Waals surface area contributed by atoms with Crippen LogP contribution < -0.4 is 20.1 Å². The second kappa shape index (κ2) is 11.7. The summed E-state index contributed by atoms with van der Waals surface area (Å²) in [4.78, 5) is 12.8. The number of carbonyl (C=O) groups is 1. The van der Waals surface area contributed by atoms with Gasteiger partial charge in [0.1, 0.15) is 0 Å². The lowest BCUT2D eigenvalue weighted by molar-refractivity contribution is 0.262. The Morgan fingerprint density at radius 2 is 0.750 bits per heavy atom. The summed E-state index contributed by atoms with van der Waals surface area (Å²) >= 11 is 0. The second-order valence-corrected chi connectivity index (χ2v) is 13.3. The highest BCUT2D eigenvalue weighted by Crippen LogP contribution is 2.24. The van der Waals surface area contributed by atoms with Crippen molar-refractivity contribution in [2.75, 3.05) is 20.1 Å². The third kappa shape index (κ3) is 6.48. The van der Waals surface area contributed by atoms with Crippen LogP contribution in [0.5, 0.6) is 0 Å². The zero-order valence-electron chi connectivity index (χ0n) is 23.1. The number of hydrogen-bond acceptors (Lipinski definition) is 5. The molecule has 6 aromatic carbocycles. The maximum atomic E-state index is 12.9. The van der Waals surface area contributed by atoms with E-state index in [1.807, 2.05) is 48.5 Å². The maximum absolute atomic E-state index is 12.9. The van der Waals surface area contributed by atoms with Crippen LogP contribution in [0, 0.1) is 0 Å². The van der Waals surface area contributed by atoms with Gasteiger partial charge in [0.2, 0.25) is 0 Å². The summed E-state index contributed by atoms with van der Waals surface area (Å²) in [5, 5.41) is 8.88. The molecule has 0 spiro atoms. The third-order valence-corrected chi connectivity index (χ3v) is 9.61. The Morgan fingerprint density at radius 3 is 1.14 bits per heavy atom. The molecule has 0 radical (unpaired) electrons. The van der Waals surface area contributed by atoms with Gasteiger partial charge in [0, 0.05) is 22.7 Å². The van der Waals surface area contributed by atoms with Gasteiger partial charge in [-0.05, 0) is 94.3 Å². The topological polar surface area (TPSA) is 133 Å². The van der Waals surface area contributed by atoms with Crippen LogP contribution in [-0.4, -0.2) is 22.9 Å². The highest BCUT2D eigenvalue weighted by Gasteiger charge is 2.16. The van der Waals surface area contributed by atoms with E-state index in [4.69, 9.17) is 0 Å². The van der Waals surface area contributed by atoms with Gasteiger partial charge in [-0.3, -0.25) is 9.44 Å². The predicted molar refractivity (Wildman–Crippen MR) is 175 cm³/mol. The quantitative estimate of drug-likeness (QED) is 0.142. The first-order valence-electron chi connectivity index (χ1n) is 13.5. The minimum absolute atomic E-state index is 0.144. The molecule has 4 N–H and O–H groups in total. The van der Waals surface area contributed by atoms with Gasteiger partial charge >= 0.3 is 6.03 Å². The SMILES string of the molecule is O=C(Nc1ccc(NS(=O)(=O)c2ccc3ccccc3c2)cc1)Nc1ccc(NS(=O)(=O)c2ccc3ccccc3c2)cc1. The van der Waals surface area contributed by atoms with E-state index in [-0.39, 0.29) is 9.79 Å². The van der Waals surface area contributed by atoms with Gasteiger partial charge in [-0.15, -0.1) is 0 Å². The summed E-state index contributed by atoms with van der Waals surface area (Å²) in [6, 6.07) is 36.8. The predicted octanol–water partition coefficient (Wildman–Crippen LogP) is 7.24. The Hall–Kier alpha value is -5.39. The van der Waals surface area contributed by atoms with Crippen LogP contribution in [0.2, 0.25) is 0 Å². The molecule has 0 unspecified atom stereocenters. The van der Waals surface area contributed by atoms with Crippen LogP contribution in [0.1, 0.15) is 0 Å². The van der Waals surface area contributed by atoms with Crippen molar-refractivity contribution in [1.29, 1.82) is 0 Å². The first kappa shape index (κ1) is 28.7. The number of carbonyl (C=O) groups excluding carboxylic acids is 1. The molecule has 0 aliphatic rings. The molecule has 2 amide bonds. The van der Waals surface area contributed by atoms with Crippen molar-refractivity contribution in [3.05, 3.63) is 133 Å². The minimum Gasteiger partial charge on any atom is -0.308 e. The number of amides is 2. The monoisotopic (exact) mass is 622 g/mol. The molecule has 0 saturated heterocycles. The molecule has 44 heavy (non-hydrogen) atoms. The highest BCUT2D eigenvalue weighted by atomic mass is 32.2. The number of benzene rings is 6. The summed E-state index contributed by atoms with van der Waals surface area (Å²) in [6.07, 6.45) is 0. The van der Waals surface area contributed by atoms with Crippen LogP contribution >= 0.6 is 0 Å². The molecule has 0 saturated carbocycles. The largest absolute Gasteiger partial charge is 0.323 e. The van der Waals surface area contributed by atoms with Crippen LogP contribution in [0.25, 0.3) is 21.5 Å². The van der Waals surface area contributed by atoms with E-state index in [0.717, 1.165) is 21.5 Å². The van der Waals surface area contributed by atoms with Gasteiger partial charge in [0.15, 0.2) is 0 Å². The van der Waals surface area contributed by atoms with Gasteiger partial charge in [-0.25, -0.2) is 21.6 Å². The normalized spacial score (nSPS) is 11.6. The molecular weight excluding hydrogens is 597 g/mol. The average molecular weight is 623 g/mol. The number of rotatable bonds is 8. The van der Waals surface area contributed by atoms with Gasteiger partial charge in [-0.1, -0.05) is 60.7 Å². The van der Waals surface area contributed by atoms with E-state index < -0.39 is 26.1 Å². The summed E-state index contributed by atoms with van der Waals surface area (Å²) < 4.78 is 56.7. The summed E-state index contributed by atoms with van der Waals surface area (Å²) in [7, 11) is -7.63. The number of fused-ring (bicyclic) bond motifs is 2. The number of hydrogen-bond donors (Lipinski definition) is 4. The molecule has 0 aliphatic heterocycles. The number of sulfonamides is 2. The van der Waals surface area contributed by atoms with Crippen molar-refractivity contribution in [3.63, 3.8) is 0 Å². The molecular formula is C33H26N4O5S2. The molecule has 6 rings (SSSR count). The molecule has 6 aromatic rings. The zero-order chi connectivity index (χ0) is 30.7. The van der Waals surface area contributed by atoms with Crippen molar-refractivity contribution in [1.82, 2.24) is 0 Å². The summed E-state index contributed by atoms with van der Waals surface area (Å²) in [5.41, 5.74) is 1.56. The molecule has 0 aromatic heterocycles. The Morgan fingerprint density at radius 1 is 0.409 bits per heavy atom. The van der Waals surface area contributed by atoms with Crippen molar-refractivity contribution >= 4 is 70.4 Å². The van der Waals surface area contributed by atoms with Crippen LogP contribution in [0.3, 0.4) is 0 Å². The Balaban J connectivity index is 1.05. The van der Waals surface area contributed by atoms with E-state index in [9.17, 15) is 21.6 Å². The van der Waals surface area contributed by atoms with Gasteiger partial charge < -0.3 is 10.6 Å². The molecule has 0 aliphatic carbocycles. The third-order valence-electron chi connectivity index (χ3n) is 6.85. The standard InChI is InChI=1S/C33H26N4O5S2/c38-33(34-27-11-15-29(16-12-27)36-43(39,40)31-19-9-23-5-1-3-7-25(23)21-31)35-28-13-17-30(18-14-28)37-44(41,42)32-20-10-24-6-2-4-8-26(24)22-32/h1-22,36-37H,(H2,34,35,38). The van der Waals surface area contributed by atoms with E-state index in [1.165, 1.54) is 0 Å². The molecule has 9 nitrogen and oxygen atoms in total. The van der Waals surface area contributed by atoms with Crippen LogP contribution in [-0.2, 0) is 20.0 Å². The Bertz CT molecular complexity index is 2060. The van der Waals surface area contributed by atoms with Crippen molar-refractivity contribution in [2.45, 2.75) is 9.79 Å². The molecule has 0 heterocycles. The average Bonchev–Trinajstić information content (AvgIpc) is 3.02. The zero-order valence-corrected chi connectivity index (χ0v) is 24.7. The molecule has 0 bridgehead atoms. The van der Waals surface area contributed by atoms with Gasteiger partial charge in [-0.2, -0.15) is 0 Å². The lowest BCUT2D eigenvalue weighted by atomic mass is 10.1.